The van der Waals surface area contributed by atoms with E-state index in [1.807, 2.05) is 37.3 Å². The van der Waals surface area contributed by atoms with Gasteiger partial charge in [0.1, 0.15) is 5.75 Å². The number of carbonyl (C=O) groups excluding carboxylic acids is 1. The van der Waals surface area contributed by atoms with Gasteiger partial charge in [-0.15, -0.1) is 5.10 Å². The van der Waals surface area contributed by atoms with Crippen LogP contribution in [0.25, 0.3) is 0 Å². The van der Waals surface area contributed by atoms with Crippen LogP contribution in [-0.4, -0.2) is 39.0 Å². The first-order valence-corrected chi connectivity index (χ1v) is 9.50. The molecule has 1 amide bonds. The largest absolute Gasteiger partial charge is 0.497 e. The molecule has 2 aromatic carbocycles. The molecule has 7 nitrogen and oxygen atoms in total. The molecule has 0 aliphatic heterocycles. The van der Waals surface area contributed by atoms with Crippen LogP contribution in [0.1, 0.15) is 11.1 Å². The van der Waals surface area contributed by atoms with E-state index in [4.69, 9.17) is 16.3 Å². The number of methoxy groups -OCH3 is 1. The van der Waals surface area contributed by atoms with Crippen molar-refractivity contribution in [1.82, 2.24) is 20.2 Å². The number of nitrogens with zero attached hydrogens (tertiary/aromatic N) is 4. The summed E-state index contributed by atoms with van der Waals surface area (Å²) in [6.45, 7) is 2.37. The van der Waals surface area contributed by atoms with Crippen molar-refractivity contribution in [2.45, 2.75) is 18.6 Å². The van der Waals surface area contributed by atoms with Gasteiger partial charge in [-0.05, 0) is 52.7 Å². The van der Waals surface area contributed by atoms with E-state index in [9.17, 15) is 4.79 Å². The van der Waals surface area contributed by atoms with Crippen LogP contribution >= 0.6 is 23.4 Å². The number of carbonyl (C=O) groups is 1. The predicted molar refractivity (Wildman–Crippen MR) is 105 cm³/mol. The normalized spacial score (nSPS) is 10.6. The molecule has 0 aliphatic rings. The summed E-state index contributed by atoms with van der Waals surface area (Å²) in [6, 6.07) is 13.1. The molecule has 27 heavy (non-hydrogen) atoms. The molecule has 3 rings (SSSR count). The van der Waals surface area contributed by atoms with Gasteiger partial charge in [0.15, 0.2) is 0 Å². The number of nitrogens with one attached hydrogen (secondary N) is 1. The van der Waals surface area contributed by atoms with Crippen molar-refractivity contribution in [3.63, 3.8) is 0 Å². The van der Waals surface area contributed by atoms with Gasteiger partial charge in [-0.1, -0.05) is 41.6 Å². The second-order valence-corrected chi connectivity index (χ2v) is 7.07. The molecular formula is C18H18ClN5O2S. The SMILES string of the molecule is COc1ccc(Cn2nnnc2SCC(=O)Nc2cccc(Cl)c2C)cc1. The number of anilines is 1. The van der Waals surface area contributed by atoms with Crippen molar-refractivity contribution in [3.05, 3.63) is 58.6 Å². The monoisotopic (exact) mass is 403 g/mol. The lowest BCUT2D eigenvalue weighted by molar-refractivity contribution is -0.113. The first-order chi connectivity index (χ1) is 13.1. The molecule has 0 saturated heterocycles. The molecule has 0 atom stereocenters. The average molecular weight is 404 g/mol. The highest BCUT2D eigenvalue weighted by atomic mass is 35.5. The fraction of sp³-hybridized carbons (Fsp3) is 0.222. The zero-order valence-electron chi connectivity index (χ0n) is 14.8. The minimum Gasteiger partial charge on any atom is -0.497 e. The summed E-state index contributed by atoms with van der Waals surface area (Å²) in [6.07, 6.45) is 0. The molecule has 0 saturated carbocycles. The van der Waals surface area contributed by atoms with Gasteiger partial charge in [0, 0.05) is 10.7 Å². The van der Waals surface area contributed by atoms with Crippen LogP contribution in [0.5, 0.6) is 5.75 Å². The molecule has 0 bridgehead atoms. The topological polar surface area (TPSA) is 81.9 Å². The number of amides is 1. The Morgan fingerprint density at radius 1 is 1.26 bits per heavy atom. The van der Waals surface area contributed by atoms with Crippen molar-refractivity contribution < 1.29 is 9.53 Å². The van der Waals surface area contributed by atoms with Crippen molar-refractivity contribution in [1.29, 1.82) is 0 Å². The number of ether oxygens (including phenoxy) is 1. The summed E-state index contributed by atoms with van der Waals surface area (Å²) < 4.78 is 6.81. The quantitative estimate of drug-likeness (QED) is 0.608. The van der Waals surface area contributed by atoms with E-state index in [1.165, 1.54) is 11.8 Å². The Morgan fingerprint density at radius 3 is 2.78 bits per heavy atom. The Labute approximate surface area is 166 Å². The van der Waals surface area contributed by atoms with Crippen LogP contribution in [0.2, 0.25) is 5.02 Å². The molecule has 9 heteroatoms. The van der Waals surface area contributed by atoms with Crippen LogP contribution in [0.3, 0.4) is 0 Å². The Hall–Kier alpha value is -2.58. The van der Waals surface area contributed by atoms with Crippen LogP contribution in [0.15, 0.2) is 47.6 Å². The molecular weight excluding hydrogens is 386 g/mol. The number of benzene rings is 2. The lowest BCUT2D eigenvalue weighted by Crippen LogP contribution is -2.15. The second-order valence-electron chi connectivity index (χ2n) is 5.72. The van der Waals surface area contributed by atoms with Crippen LogP contribution in [0, 0.1) is 6.92 Å². The Morgan fingerprint density at radius 2 is 2.04 bits per heavy atom. The van der Waals surface area contributed by atoms with Gasteiger partial charge in [0.05, 0.1) is 19.4 Å². The number of tetrazole rings is 1. The smallest absolute Gasteiger partial charge is 0.234 e. The van der Waals surface area contributed by atoms with Gasteiger partial charge in [-0.25, -0.2) is 4.68 Å². The van der Waals surface area contributed by atoms with E-state index in [1.54, 1.807) is 23.9 Å². The van der Waals surface area contributed by atoms with Crippen LogP contribution < -0.4 is 10.1 Å². The second kappa shape index (κ2) is 8.88. The lowest BCUT2D eigenvalue weighted by Gasteiger charge is -2.09. The van der Waals surface area contributed by atoms with Gasteiger partial charge >= 0.3 is 0 Å². The first-order valence-electron chi connectivity index (χ1n) is 8.13. The maximum Gasteiger partial charge on any atom is 0.234 e. The van der Waals surface area contributed by atoms with Gasteiger partial charge in [0.25, 0.3) is 0 Å². The Kier molecular flexibility index (Phi) is 6.31. The summed E-state index contributed by atoms with van der Waals surface area (Å²) in [5.41, 5.74) is 2.57. The molecule has 0 unspecified atom stereocenters. The van der Waals surface area contributed by atoms with E-state index in [0.29, 0.717) is 22.4 Å². The van der Waals surface area contributed by atoms with Gasteiger partial charge < -0.3 is 10.1 Å². The Balaban J connectivity index is 1.59. The highest BCUT2D eigenvalue weighted by Crippen LogP contribution is 2.23. The number of hydrogen-bond acceptors (Lipinski definition) is 6. The number of halogens is 1. The third kappa shape index (κ3) is 4.99. The average Bonchev–Trinajstić information content (AvgIpc) is 3.11. The number of aromatic nitrogens is 4. The summed E-state index contributed by atoms with van der Waals surface area (Å²) in [5.74, 6) is 0.831. The van der Waals surface area contributed by atoms with E-state index in [0.717, 1.165) is 16.9 Å². The number of hydrogen-bond donors (Lipinski definition) is 1. The molecule has 1 aromatic heterocycles. The van der Waals surface area contributed by atoms with Crippen molar-refractivity contribution in [2.75, 3.05) is 18.2 Å². The fourth-order valence-electron chi connectivity index (χ4n) is 2.36. The van der Waals surface area contributed by atoms with E-state index in [-0.39, 0.29) is 11.7 Å². The summed E-state index contributed by atoms with van der Waals surface area (Å²) in [5, 5.41) is 15.7. The molecule has 0 radical (unpaired) electrons. The number of rotatable bonds is 7. The highest BCUT2D eigenvalue weighted by molar-refractivity contribution is 7.99. The van der Waals surface area contributed by atoms with E-state index < -0.39 is 0 Å². The third-order valence-electron chi connectivity index (χ3n) is 3.86. The molecule has 1 heterocycles. The zero-order valence-corrected chi connectivity index (χ0v) is 16.4. The molecule has 140 valence electrons. The highest BCUT2D eigenvalue weighted by Gasteiger charge is 2.12. The number of thioether (sulfide) groups is 1. The predicted octanol–water partition coefficient (Wildman–Crippen LogP) is 3.42. The molecule has 1 N–H and O–H groups in total. The molecule has 3 aromatic rings. The summed E-state index contributed by atoms with van der Waals surface area (Å²) >= 11 is 7.35. The van der Waals surface area contributed by atoms with Crippen LogP contribution in [-0.2, 0) is 11.3 Å². The fourth-order valence-corrected chi connectivity index (χ4v) is 3.21. The van der Waals surface area contributed by atoms with Gasteiger partial charge in [-0.3, -0.25) is 4.79 Å². The van der Waals surface area contributed by atoms with Crippen molar-refractivity contribution >= 4 is 35.0 Å². The lowest BCUT2D eigenvalue weighted by atomic mass is 10.2. The first kappa shape index (κ1) is 19.2. The zero-order chi connectivity index (χ0) is 19.2. The van der Waals surface area contributed by atoms with Crippen molar-refractivity contribution in [3.8, 4) is 5.75 Å². The van der Waals surface area contributed by atoms with Crippen molar-refractivity contribution in [2.24, 2.45) is 0 Å². The minimum absolute atomic E-state index is 0.149. The molecule has 0 aliphatic carbocycles. The standard InChI is InChI=1S/C18H18ClN5O2S/c1-12-15(19)4-3-5-16(12)20-17(25)11-27-18-21-22-23-24(18)10-13-6-8-14(26-2)9-7-13/h3-9H,10-11H2,1-2H3,(H,20,25). The maximum atomic E-state index is 12.2. The minimum atomic E-state index is -0.149. The van der Waals surface area contributed by atoms with Gasteiger partial charge in [-0.2, -0.15) is 0 Å². The van der Waals surface area contributed by atoms with Crippen LogP contribution in [0.4, 0.5) is 5.69 Å². The van der Waals surface area contributed by atoms with E-state index in [2.05, 4.69) is 20.8 Å². The summed E-state index contributed by atoms with van der Waals surface area (Å²) in [7, 11) is 1.63. The Bertz CT molecular complexity index is 930. The van der Waals surface area contributed by atoms with E-state index >= 15 is 0 Å². The molecule has 0 spiro atoms. The molecule has 0 fully saturated rings. The van der Waals surface area contributed by atoms with Gasteiger partial charge in [0.2, 0.25) is 11.1 Å². The third-order valence-corrected chi connectivity index (χ3v) is 5.23. The maximum absolute atomic E-state index is 12.2. The summed E-state index contributed by atoms with van der Waals surface area (Å²) in [4.78, 5) is 12.2.